The highest BCUT2D eigenvalue weighted by atomic mass is 16.5. The van der Waals surface area contributed by atoms with Crippen LogP contribution in [0.1, 0.15) is 28.0 Å². The Hall–Kier alpha value is -4.32. The van der Waals surface area contributed by atoms with E-state index in [9.17, 15) is 9.59 Å². The van der Waals surface area contributed by atoms with Crippen LogP contribution in [-0.4, -0.2) is 59.5 Å². The Balaban J connectivity index is 1.34. The molecule has 194 valence electrons. The number of amides is 2. The number of methoxy groups -OCH3 is 1. The van der Waals surface area contributed by atoms with Gasteiger partial charge in [0, 0.05) is 49.5 Å². The Morgan fingerprint density at radius 1 is 0.789 bits per heavy atom. The van der Waals surface area contributed by atoms with Gasteiger partial charge in [-0.1, -0.05) is 60.7 Å². The van der Waals surface area contributed by atoms with Gasteiger partial charge in [-0.3, -0.25) is 9.59 Å². The number of piperazine rings is 1. The predicted octanol–water partition coefficient (Wildman–Crippen LogP) is 5.38. The van der Waals surface area contributed by atoms with Crippen molar-refractivity contribution in [3.05, 3.63) is 108 Å². The lowest BCUT2D eigenvalue weighted by Gasteiger charge is -2.35. The Morgan fingerprint density at radius 3 is 2.13 bits per heavy atom. The number of aromatic nitrogens is 1. The van der Waals surface area contributed by atoms with Crippen LogP contribution < -0.4 is 4.74 Å². The molecular formula is C32H33N3O3. The summed E-state index contributed by atoms with van der Waals surface area (Å²) < 4.78 is 7.59. The number of carbonyl (C=O) groups excluding carboxylic acids is 2. The first-order valence-electron chi connectivity index (χ1n) is 13.1. The molecule has 1 aromatic heterocycles. The highest BCUT2D eigenvalue weighted by Crippen LogP contribution is 2.32. The van der Waals surface area contributed by atoms with Crippen LogP contribution >= 0.6 is 0 Å². The zero-order valence-electron chi connectivity index (χ0n) is 22.0. The van der Waals surface area contributed by atoms with Crippen LogP contribution in [-0.2, 0) is 11.2 Å². The largest absolute Gasteiger partial charge is 0.497 e. The van der Waals surface area contributed by atoms with E-state index in [1.165, 1.54) is 5.56 Å². The van der Waals surface area contributed by atoms with E-state index < -0.39 is 0 Å². The molecule has 0 atom stereocenters. The Bertz CT molecular complexity index is 1400. The first kappa shape index (κ1) is 25.3. The summed E-state index contributed by atoms with van der Waals surface area (Å²) in [6, 6.07) is 30.0. The average Bonchev–Trinajstić information content (AvgIpc) is 3.33. The van der Waals surface area contributed by atoms with Crippen molar-refractivity contribution in [2.45, 2.75) is 19.8 Å². The fraction of sp³-hybridized carbons (Fsp3) is 0.250. The van der Waals surface area contributed by atoms with Crippen LogP contribution in [0.15, 0.2) is 91.0 Å². The lowest BCUT2D eigenvalue weighted by Crippen LogP contribution is -2.50. The third-order valence-corrected chi connectivity index (χ3v) is 7.25. The topological polar surface area (TPSA) is 54.8 Å². The zero-order valence-corrected chi connectivity index (χ0v) is 22.0. The molecule has 4 aromatic rings. The van der Waals surface area contributed by atoms with E-state index in [-0.39, 0.29) is 11.8 Å². The fourth-order valence-corrected chi connectivity index (χ4v) is 5.11. The maximum atomic E-state index is 13.7. The van der Waals surface area contributed by atoms with Gasteiger partial charge in [0.05, 0.1) is 18.4 Å². The molecule has 6 nitrogen and oxygen atoms in total. The number of rotatable bonds is 7. The smallest absolute Gasteiger partial charge is 0.255 e. The monoisotopic (exact) mass is 507 g/mol. The quantitative estimate of drug-likeness (QED) is 0.338. The first-order valence-corrected chi connectivity index (χ1v) is 13.1. The van der Waals surface area contributed by atoms with Gasteiger partial charge in [0.25, 0.3) is 5.91 Å². The van der Waals surface area contributed by atoms with E-state index in [0.29, 0.717) is 38.2 Å². The minimum atomic E-state index is -0.00212. The molecule has 0 bridgehead atoms. The molecule has 0 radical (unpaired) electrons. The maximum Gasteiger partial charge on any atom is 0.255 e. The molecule has 1 aliphatic rings. The predicted molar refractivity (Wildman–Crippen MR) is 150 cm³/mol. The van der Waals surface area contributed by atoms with E-state index >= 15 is 0 Å². The van der Waals surface area contributed by atoms with E-state index in [1.807, 2.05) is 108 Å². The van der Waals surface area contributed by atoms with E-state index in [0.717, 1.165) is 34.8 Å². The summed E-state index contributed by atoms with van der Waals surface area (Å²) in [4.78, 5) is 30.3. The lowest BCUT2D eigenvalue weighted by molar-refractivity contribution is -0.132. The normalized spacial score (nSPS) is 13.4. The van der Waals surface area contributed by atoms with Crippen molar-refractivity contribution in [1.82, 2.24) is 14.4 Å². The van der Waals surface area contributed by atoms with Gasteiger partial charge in [-0.05, 0) is 49.2 Å². The number of nitrogens with zero attached hydrogens (tertiary/aromatic N) is 3. The molecule has 0 N–H and O–H groups in total. The van der Waals surface area contributed by atoms with Gasteiger partial charge in [-0.2, -0.15) is 0 Å². The fourth-order valence-electron chi connectivity index (χ4n) is 5.11. The molecule has 0 unspecified atom stereocenters. The van der Waals surface area contributed by atoms with Crippen LogP contribution in [0, 0.1) is 6.92 Å². The number of carbonyl (C=O) groups is 2. The van der Waals surface area contributed by atoms with Crippen molar-refractivity contribution in [1.29, 1.82) is 0 Å². The average molecular weight is 508 g/mol. The second-order valence-electron chi connectivity index (χ2n) is 9.59. The summed E-state index contributed by atoms with van der Waals surface area (Å²) in [5.41, 5.74) is 5.64. The summed E-state index contributed by atoms with van der Waals surface area (Å²) in [5.74, 6) is 0.910. The van der Waals surface area contributed by atoms with Crippen LogP contribution in [0.2, 0.25) is 0 Å². The van der Waals surface area contributed by atoms with Gasteiger partial charge in [-0.15, -0.1) is 0 Å². The zero-order chi connectivity index (χ0) is 26.5. The van der Waals surface area contributed by atoms with E-state index in [2.05, 4.69) is 4.57 Å². The molecule has 2 heterocycles. The van der Waals surface area contributed by atoms with E-state index in [4.69, 9.17) is 4.74 Å². The molecule has 1 fully saturated rings. The number of benzene rings is 3. The van der Waals surface area contributed by atoms with E-state index in [1.54, 1.807) is 7.11 Å². The second-order valence-corrected chi connectivity index (χ2v) is 9.59. The molecule has 5 rings (SSSR count). The number of hydrogen-bond acceptors (Lipinski definition) is 3. The standard InChI is InChI=1S/C32H33N3O3/c1-24-29(23-30(26-12-9-15-28(22-26)38-2)35(24)27-13-7-4-8-14-27)32(37)34-20-18-33(19-21-34)31(36)17-16-25-10-5-3-6-11-25/h3-15,22-23H,16-21H2,1-2H3. The van der Waals surface area contributed by atoms with Gasteiger partial charge >= 0.3 is 0 Å². The van der Waals surface area contributed by atoms with Gasteiger partial charge in [0.2, 0.25) is 5.91 Å². The SMILES string of the molecule is COc1cccc(-c2cc(C(=O)N3CCN(C(=O)CCc4ccccc4)CC3)c(C)n2-c2ccccc2)c1. The summed E-state index contributed by atoms with van der Waals surface area (Å²) in [6.07, 6.45) is 1.22. The molecule has 1 aliphatic heterocycles. The molecule has 3 aromatic carbocycles. The summed E-state index contributed by atoms with van der Waals surface area (Å²) in [7, 11) is 1.65. The minimum Gasteiger partial charge on any atom is -0.497 e. The Kier molecular flexibility index (Phi) is 7.59. The number of aryl methyl sites for hydroxylation is 1. The molecule has 2 amide bonds. The van der Waals surface area contributed by atoms with Crippen molar-refractivity contribution >= 4 is 11.8 Å². The van der Waals surface area contributed by atoms with Crippen LogP contribution in [0.5, 0.6) is 5.75 Å². The number of hydrogen-bond donors (Lipinski definition) is 0. The third kappa shape index (κ3) is 5.35. The van der Waals surface area contributed by atoms with Crippen molar-refractivity contribution in [2.24, 2.45) is 0 Å². The van der Waals surface area contributed by atoms with Crippen molar-refractivity contribution in [2.75, 3.05) is 33.3 Å². The summed E-state index contributed by atoms with van der Waals surface area (Å²) in [5, 5.41) is 0. The number of para-hydroxylation sites is 1. The summed E-state index contributed by atoms with van der Waals surface area (Å²) in [6.45, 7) is 4.16. The lowest BCUT2D eigenvalue weighted by atomic mass is 10.1. The highest BCUT2D eigenvalue weighted by molar-refractivity contribution is 5.97. The first-order chi connectivity index (χ1) is 18.5. The van der Waals surface area contributed by atoms with Gasteiger partial charge in [0.15, 0.2) is 0 Å². The highest BCUT2D eigenvalue weighted by Gasteiger charge is 2.28. The number of ether oxygens (including phenoxy) is 1. The molecule has 0 spiro atoms. The molecule has 0 aliphatic carbocycles. The molecule has 6 heteroatoms. The van der Waals surface area contributed by atoms with Crippen molar-refractivity contribution in [3.8, 4) is 22.7 Å². The summed E-state index contributed by atoms with van der Waals surface area (Å²) >= 11 is 0. The van der Waals surface area contributed by atoms with Crippen molar-refractivity contribution < 1.29 is 14.3 Å². The van der Waals surface area contributed by atoms with Crippen LogP contribution in [0.3, 0.4) is 0 Å². The maximum absolute atomic E-state index is 13.7. The van der Waals surface area contributed by atoms with Crippen LogP contribution in [0.4, 0.5) is 0 Å². The van der Waals surface area contributed by atoms with Crippen molar-refractivity contribution in [3.63, 3.8) is 0 Å². The Morgan fingerprint density at radius 2 is 1.45 bits per heavy atom. The third-order valence-electron chi connectivity index (χ3n) is 7.25. The Labute approximate surface area is 224 Å². The second kappa shape index (κ2) is 11.4. The molecule has 0 saturated carbocycles. The molecule has 38 heavy (non-hydrogen) atoms. The van der Waals surface area contributed by atoms with Gasteiger partial charge in [0.1, 0.15) is 5.75 Å². The molecule has 1 saturated heterocycles. The minimum absolute atomic E-state index is 0.00212. The van der Waals surface area contributed by atoms with Crippen LogP contribution in [0.25, 0.3) is 16.9 Å². The van der Waals surface area contributed by atoms with Gasteiger partial charge in [-0.25, -0.2) is 0 Å². The van der Waals surface area contributed by atoms with Gasteiger partial charge < -0.3 is 19.1 Å². The molecular weight excluding hydrogens is 474 g/mol.